The molecule has 0 atom stereocenters. The number of benzene rings is 3. The van der Waals surface area contributed by atoms with Gasteiger partial charge < -0.3 is 4.74 Å². The smallest absolute Gasteiger partial charge is 0.282 e. The van der Waals surface area contributed by atoms with Gasteiger partial charge in [-0.05, 0) is 42.0 Å². The lowest BCUT2D eigenvalue weighted by Gasteiger charge is -2.10. The maximum Gasteiger partial charge on any atom is 0.282 e. The number of fused-ring (bicyclic) bond motifs is 1. The largest absolute Gasteiger partial charge is 0.486 e. The summed E-state index contributed by atoms with van der Waals surface area (Å²) in [6, 6.07) is 23.8. The average Bonchev–Trinajstić information content (AvgIpc) is 2.74. The summed E-state index contributed by atoms with van der Waals surface area (Å²) in [6.07, 6.45) is 1.63. The van der Waals surface area contributed by atoms with Crippen LogP contribution in [-0.2, 0) is 6.61 Å². The Kier molecular flexibility index (Phi) is 5.17. The summed E-state index contributed by atoms with van der Waals surface area (Å²) in [5.74, 6) is 1.04. The van der Waals surface area contributed by atoms with E-state index >= 15 is 0 Å². The molecule has 28 heavy (non-hydrogen) atoms. The summed E-state index contributed by atoms with van der Waals surface area (Å²) in [5.41, 5.74) is 1.24. The normalized spacial score (nSPS) is 11.2. The Balaban J connectivity index is 1.73. The molecule has 3 aromatic carbocycles. The fraction of sp³-hybridized carbons (Fsp3) is 0.0455. The lowest BCUT2D eigenvalue weighted by atomic mass is 10.2. The van der Waals surface area contributed by atoms with E-state index in [9.17, 15) is 4.79 Å². The molecule has 0 N–H and O–H groups in total. The summed E-state index contributed by atoms with van der Waals surface area (Å²) in [4.78, 5) is 17.5. The molecule has 0 bridgehead atoms. The van der Waals surface area contributed by atoms with Gasteiger partial charge in [-0.2, -0.15) is 9.78 Å². The number of nitrogens with zero attached hydrogens (tertiary/aromatic N) is 3. The first-order valence-electron chi connectivity index (χ1n) is 8.69. The van der Waals surface area contributed by atoms with Gasteiger partial charge in [0.15, 0.2) is 5.82 Å². The van der Waals surface area contributed by atoms with Gasteiger partial charge in [0.25, 0.3) is 5.56 Å². The van der Waals surface area contributed by atoms with Gasteiger partial charge in [-0.15, -0.1) is 0 Å². The van der Waals surface area contributed by atoms with E-state index in [0.29, 0.717) is 27.5 Å². The molecule has 4 rings (SSSR count). The number of halogens is 1. The highest BCUT2D eigenvalue weighted by Crippen LogP contribution is 2.17. The number of para-hydroxylation sites is 1. The molecule has 0 amide bonds. The highest BCUT2D eigenvalue weighted by atomic mass is 35.5. The van der Waals surface area contributed by atoms with E-state index in [0.717, 1.165) is 5.56 Å². The zero-order valence-electron chi connectivity index (χ0n) is 14.8. The van der Waals surface area contributed by atoms with Crippen molar-refractivity contribution in [1.29, 1.82) is 0 Å². The standard InChI is InChI=1S/C22H16ClN3O2/c23-17-10-12-18(13-11-17)28-15-21-25-20-9-5-4-8-19(20)22(27)26(21)24-14-16-6-2-1-3-7-16/h1-14H,15H2/b24-14-. The molecule has 6 heteroatoms. The molecule has 0 saturated carbocycles. The van der Waals surface area contributed by atoms with Gasteiger partial charge in [-0.1, -0.05) is 54.1 Å². The van der Waals surface area contributed by atoms with Gasteiger partial charge in [-0.25, -0.2) is 4.98 Å². The third kappa shape index (κ3) is 3.94. The number of hydrogen-bond donors (Lipinski definition) is 0. The molecule has 0 saturated heterocycles. The Morgan fingerprint density at radius 2 is 1.68 bits per heavy atom. The molecule has 0 radical (unpaired) electrons. The molecule has 0 spiro atoms. The zero-order chi connectivity index (χ0) is 19.3. The number of aromatic nitrogens is 2. The summed E-state index contributed by atoms with van der Waals surface area (Å²) < 4.78 is 7.07. The monoisotopic (exact) mass is 389 g/mol. The van der Waals surface area contributed by atoms with Crippen LogP contribution in [0.4, 0.5) is 0 Å². The molecule has 4 aromatic rings. The van der Waals surface area contributed by atoms with Gasteiger partial charge in [0, 0.05) is 5.02 Å². The topological polar surface area (TPSA) is 56.5 Å². The predicted molar refractivity (Wildman–Crippen MR) is 111 cm³/mol. The van der Waals surface area contributed by atoms with Crippen LogP contribution in [0, 0.1) is 0 Å². The van der Waals surface area contributed by atoms with Crippen LogP contribution in [0.25, 0.3) is 10.9 Å². The molecule has 0 aliphatic carbocycles. The minimum absolute atomic E-state index is 0.0911. The Morgan fingerprint density at radius 1 is 0.964 bits per heavy atom. The van der Waals surface area contributed by atoms with Gasteiger partial charge in [-0.3, -0.25) is 4.79 Å². The first-order chi connectivity index (χ1) is 13.7. The van der Waals surface area contributed by atoms with Gasteiger partial charge >= 0.3 is 0 Å². The maximum absolute atomic E-state index is 13.0. The van der Waals surface area contributed by atoms with Crippen molar-refractivity contribution in [1.82, 2.24) is 9.66 Å². The van der Waals surface area contributed by atoms with E-state index in [2.05, 4.69) is 10.1 Å². The van der Waals surface area contributed by atoms with Crippen molar-refractivity contribution in [2.45, 2.75) is 6.61 Å². The van der Waals surface area contributed by atoms with Crippen LogP contribution >= 0.6 is 11.6 Å². The van der Waals surface area contributed by atoms with E-state index in [1.165, 1.54) is 4.68 Å². The van der Waals surface area contributed by atoms with E-state index in [1.54, 1.807) is 48.7 Å². The molecule has 0 fully saturated rings. The fourth-order valence-corrected chi connectivity index (χ4v) is 2.85. The second-order valence-electron chi connectivity index (χ2n) is 6.06. The highest BCUT2D eigenvalue weighted by Gasteiger charge is 2.11. The van der Waals surface area contributed by atoms with E-state index in [-0.39, 0.29) is 12.2 Å². The third-order valence-corrected chi connectivity index (χ3v) is 4.38. The number of hydrogen-bond acceptors (Lipinski definition) is 4. The Labute approximate surface area is 166 Å². The van der Waals surface area contributed by atoms with Crippen molar-refractivity contribution in [3.63, 3.8) is 0 Å². The molecule has 5 nitrogen and oxygen atoms in total. The highest BCUT2D eigenvalue weighted by molar-refractivity contribution is 6.30. The van der Waals surface area contributed by atoms with Crippen molar-refractivity contribution in [2.24, 2.45) is 5.10 Å². The summed E-state index contributed by atoms with van der Waals surface area (Å²) >= 11 is 5.91. The SMILES string of the molecule is O=c1c2ccccc2nc(COc2ccc(Cl)cc2)n1/N=C\c1ccccc1. The van der Waals surface area contributed by atoms with Crippen molar-refractivity contribution in [2.75, 3.05) is 0 Å². The lowest BCUT2D eigenvalue weighted by molar-refractivity contribution is 0.289. The molecular weight excluding hydrogens is 374 g/mol. The molecule has 0 aliphatic heterocycles. The van der Waals surface area contributed by atoms with Crippen LogP contribution in [0.5, 0.6) is 5.75 Å². The van der Waals surface area contributed by atoms with Crippen LogP contribution in [0.1, 0.15) is 11.4 Å². The molecule has 0 unspecified atom stereocenters. The van der Waals surface area contributed by atoms with Crippen LogP contribution < -0.4 is 10.3 Å². The summed E-state index contributed by atoms with van der Waals surface area (Å²) in [6.45, 7) is 0.0911. The van der Waals surface area contributed by atoms with Crippen LogP contribution in [0.2, 0.25) is 5.02 Å². The fourth-order valence-electron chi connectivity index (χ4n) is 2.72. The predicted octanol–water partition coefficient (Wildman–Crippen LogP) is 4.51. The molecular formula is C22H16ClN3O2. The van der Waals surface area contributed by atoms with Gasteiger partial charge in [0.1, 0.15) is 12.4 Å². The summed E-state index contributed by atoms with van der Waals surface area (Å²) in [5, 5.41) is 5.50. The first kappa shape index (κ1) is 17.9. The third-order valence-electron chi connectivity index (χ3n) is 4.12. The number of ether oxygens (including phenoxy) is 1. The summed E-state index contributed by atoms with van der Waals surface area (Å²) in [7, 11) is 0. The van der Waals surface area contributed by atoms with Crippen molar-refractivity contribution in [3.05, 3.63) is 106 Å². The Morgan fingerprint density at radius 3 is 2.46 bits per heavy atom. The van der Waals surface area contributed by atoms with Crippen molar-refractivity contribution >= 4 is 28.7 Å². The van der Waals surface area contributed by atoms with Gasteiger partial charge in [0.2, 0.25) is 0 Å². The molecule has 0 aliphatic rings. The molecule has 1 aromatic heterocycles. The van der Waals surface area contributed by atoms with Gasteiger partial charge in [0.05, 0.1) is 17.1 Å². The first-order valence-corrected chi connectivity index (χ1v) is 9.07. The second kappa shape index (κ2) is 8.06. The van der Waals surface area contributed by atoms with Crippen LogP contribution in [-0.4, -0.2) is 15.9 Å². The lowest BCUT2D eigenvalue weighted by Crippen LogP contribution is -2.23. The molecule has 1 heterocycles. The van der Waals surface area contributed by atoms with E-state index in [1.807, 2.05) is 36.4 Å². The van der Waals surface area contributed by atoms with Crippen molar-refractivity contribution in [3.8, 4) is 5.75 Å². The minimum atomic E-state index is -0.243. The Bertz CT molecular complexity index is 1190. The van der Waals surface area contributed by atoms with E-state index < -0.39 is 0 Å². The van der Waals surface area contributed by atoms with Crippen molar-refractivity contribution < 1.29 is 4.74 Å². The second-order valence-corrected chi connectivity index (χ2v) is 6.50. The maximum atomic E-state index is 13.0. The number of rotatable bonds is 5. The Hall–Kier alpha value is -3.44. The average molecular weight is 390 g/mol. The minimum Gasteiger partial charge on any atom is -0.486 e. The zero-order valence-corrected chi connectivity index (χ0v) is 15.6. The molecule has 138 valence electrons. The van der Waals surface area contributed by atoms with E-state index in [4.69, 9.17) is 16.3 Å². The van der Waals surface area contributed by atoms with Crippen LogP contribution in [0.3, 0.4) is 0 Å². The van der Waals surface area contributed by atoms with Crippen LogP contribution in [0.15, 0.2) is 88.8 Å². The quantitative estimate of drug-likeness (QED) is 0.472.